The van der Waals surface area contributed by atoms with E-state index in [9.17, 15) is 14.4 Å². The van der Waals surface area contributed by atoms with Crippen molar-refractivity contribution >= 4 is 23.3 Å². The van der Waals surface area contributed by atoms with Crippen molar-refractivity contribution in [3.05, 3.63) is 32.6 Å². The quantitative estimate of drug-likeness (QED) is 0.535. The lowest BCUT2D eigenvalue weighted by atomic mass is 10.1. The first kappa shape index (κ1) is 23.2. The van der Waals surface area contributed by atoms with Gasteiger partial charge in [0, 0.05) is 19.2 Å². The minimum absolute atomic E-state index is 0.0584. The van der Waals surface area contributed by atoms with Crippen LogP contribution in [0.25, 0.3) is 0 Å². The van der Waals surface area contributed by atoms with E-state index < -0.39 is 11.2 Å². The number of hydrogen-bond donors (Lipinski definition) is 3. The van der Waals surface area contributed by atoms with Crippen molar-refractivity contribution in [1.29, 1.82) is 0 Å². The Bertz CT molecular complexity index is 972. The molecule has 2 heterocycles. The third kappa shape index (κ3) is 5.74. The molecule has 0 saturated carbocycles. The van der Waals surface area contributed by atoms with E-state index in [1.54, 1.807) is 11.0 Å². The van der Waals surface area contributed by atoms with Crippen molar-refractivity contribution < 1.29 is 9.32 Å². The fraction of sp³-hybridized carbons (Fsp3) is 0.600. The average Bonchev–Trinajstić information content (AvgIpc) is 3.11. The minimum atomic E-state index is -0.608. The van der Waals surface area contributed by atoms with E-state index >= 15 is 0 Å². The van der Waals surface area contributed by atoms with Crippen molar-refractivity contribution in [2.45, 2.75) is 59.9 Å². The maximum absolute atomic E-state index is 12.6. The molecule has 10 heteroatoms. The van der Waals surface area contributed by atoms with E-state index in [1.165, 1.54) is 4.57 Å². The molecule has 0 fully saturated rings. The van der Waals surface area contributed by atoms with E-state index in [2.05, 4.69) is 15.5 Å². The lowest BCUT2D eigenvalue weighted by Gasteiger charge is -2.25. The molecule has 166 valence electrons. The van der Waals surface area contributed by atoms with E-state index in [1.807, 2.05) is 34.6 Å². The van der Waals surface area contributed by atoms with Gasteiger partial charge in [-0.3, -0.25) is 24.5 Å². The molecule has 0 aliphatic rings. The van der Waals surface area contributed by atoms with Crippen molar-refractivity contribution in [2.75, 3.05) is 29.0 Å². The zero-order chi connectivity index (χ0) is 22.4. The number of nitrogens with one attached hydrogen (secondary N) is 2. The van der Waals surface area contributed by atoms with Crippen LogP contribution in [0.4, 0.5) is 17.4 Å². The molecule has 10 nitrogen and oxygen atoms in total. The number of nitrogen functional groups attached to an aromatic ring is 1. The minimum Gasteiger partial charge on any atom is -0.383 e. The van der Waals surface area contributed by atoms with Gasteiger partial charge in [-0.05, 0) is 18.3 Å². The summed E-state index contributed by atoms with van der Waals surface area (Å²) < 4.78 is 6.49. The maximum Gasteiger partial charge on any atom is 0.330 e. The Kier molecular flexibility index (Phi) is 7.85. The molecule has 2 aromatic heterocycles. The van der Waals surface area contributed by atoms with Crippen LogP contribution in [0.2, 0.25) is 0 Å². The fourth-order valence-corrected chi connectivity index (χ4v) is 3.02. The van der Waals surface area contributed by atoms with Crippen LogP contribution in [0, 0.1) is 5.92 Å². The molecule has 2 aromatic rings. The monoisotopic (exact) mass is 420 g/mol. The predicted octanol–water partition coefficient (Wildman–Crippen LogP) is 2.13. The van der Waals surface area contributed by atoms with Crippen LogP contribution in [-0.4, -0.2) is 33.7 Å². The Balaban J connectivity index is 2.31. The van der Waals surface area contributed by atoms with Crippen LogP contribution in [0.3, 0.4) is 0 Å². The Morgan fingerprint density at radius 2 is 2.03 bits per heavy atom. The number of H-pyrrole nitrogens is 1. The maximum atomic E-state index is 12.6. The molecule has 0 aliphatic carbocycles. The highest BCUT2D eigenvalue weighted by Crippen LogP contribution is 2.20. The highest BCUT2D eigenvalue weighted by atomic mass is 16.5. The Morgan fingerprint density at radius 3 is 2.60 bits per heavy atom. The van der Waals surface area contributed by atoms with Crippen LogP contribution in [0.1, 0.15) is 59.1 Å². The van der Waals surface area contributed by atoms with Crippen molar-refractivity contribution in [2.24, 2.45) is 5.92 Å². The Labute approximate surface area is 175 Å². The number of nitrogens with two attached hydrogens (primary N) is 1. The number of anilines is 3. The molecular formula is C20H32N6O4. The molecular weight excluding hydrogens is 388 g/mol. The second-order valence-electron chi connectivity index (χ2n) is 8.09. The number of carbonyl (C=O) groups excluding carboxylic acids is 1. The SMILES string of the molecule is CCCCN(CC(=O)Nc1cc(C(C)C)no1)c1c(N)n(CC(C)C)c(=O)[nH]c1=O. The van der Waals surface area contributed by atoms with Gasteiger partial charge in [0.2, 0.25) is 11.8 Å². The van der Waals surface area contributed by atoms with Crippen LogP contribution in [0.5, 0.6) is 0 Å². The van der Waals surface area contributed by atoms with E-state index in [0.29, 0.717) is 13.1 Å². The molecule has 1 amide bonds. The number of rotatable bonds is 10. The zero-order valence-electron chi connectivity index (χ0n) is 18.3. The van der Waals surface area contributed by atoms with Gasteiger partial charge >= 0.3 is 5.69 Å². The second kappa shape index (κ2) is 10.1. The summed E-state index contributed by atoms with van der Waals surface area (Å²) in [5, 5.41) is 6.58. The highest BCUT2D eigenvalue weighted by molar-refractivity contribution is 5.93. The summed E-state index contributed by atoms with van der Waals surface area (Å²) in [5.74, 6) is 0.241. The summed E-state index contributed by atoms with van der Waals surface area (Å²) in [4.78, 5) is 41.3. The van der Waals surface area contributed by atoms with Gasteiger partial charge in [-0.25, -0.2) is 4.79 Å². The molecule has 0 atom stereocenters. The van der Waals surface area contributed by atoms with Gasteiger partial charge in [-0.1, -0.05) is 46.2 Å². The van der Waals surface area contributed by atoms with Gasteiger partial charge in [0.15, 0.2) is 0 Å². The summed E-state index contributed by atoms with van der Waals surface area (Å²) >= 11 is 0. The molecule has 0 spiro atoms. The average molecular weight is 421 g/mol. The largest absolute Gasteiger partial charge is 0.383 e. The summed E-state index contributed by atoms with van der Waals surface area (Å²) in [6.07, 6.45) is 1.61. The van der Waals surface area contributed by atoms with Crippen LogP contribution < -0.4 is 27.2 Å². The number of amides is 1. The van der Waals surface area contributed by atoms with Crippen molar-refractivity contribution in [3.8, 4) is 0 Å². The summed E-state index contributed by atoms with van der Waals surface area (Å²) in [6, 6.07) is 1.67. The molecule has 0 saturated heterocycles. The number of aromatic amines is 1. The molecule has 0 bridgehead atoms. The standard InChI is InChI=1S/C20H32N6O4/c1-6-7-8-25(11-15(27)22-16-9-14(13(4)5)24-30-16)17-18(21)26(10-12(2)3)20(29)23-19(17)28/h9,12-13H,6-8,10-11,21H2,1-5H3,(H,22,27)(H,23,28,29). The number of carbonyl (C=O) groups is 1. The first-order valence-electron chi connectivity index (χ1n) is 10.3. The van der Waals surface area contributed by atoms with Gasteiger partial charge in [-0.15, -0.1) is 0 Å². The van der Waals surface area contributed by atoms with Gasteiger partial charge < -0.3 is 15.2 Å². The molecule has 4 N–H and O–H groups in total. The lowest BCUT2D eigenvalue weighted by Crippen LogP contribution is -2.42. The molecule has 0 aliphatic heterocycles. The zero-order valence-corrected chi connectivity index (χ0v) is 18.3. The predicted molar refractivity (Wildman–Crippen MR) is 117 cm³/mol. The Hall–Kier alpha value is -3.04. The molecule has 0 aromatic carbocycles. The third-order valence-corrected chi connectivity index (χ3v) is 4.58. The topological polar surface area (TPSA) is 139 Å². The lowest BCUT2D eigenvalue weighted by molar-refractivity contribution is -0.115. The van der Waals surface area contributed by atoms with Gasteiger partial charge in [0.05, 0.1) is 12.2 Å². The number of nitrogens with zero attached hydrogens (tertiary/aromatic N) is 3. The van der Waals surface area contributed by atoms with E-state index in [4.69, 9.17) is 10.3 Å². The number of aromatic nitrogens is 3. The molecule has 30 heavy (non-hydrogen) atoms. The van der Waals surface area contributed by atoms with E-state index in [-0.39, 0.29) is 41.7 Å². The van der Waals surface area contributed by atoms with Crippen LogP contribution >= 0.6 is 0 Å². The fourth-order valence-electron chi connectivity index (χ4n) is 3.02. The molecule has 0 unspecified atom stereocenters. The van der Waals surface area contributed by atoms with Crippen LogP contribution in [0.15, 0.2) is 20.2 Å². The summed E-state index contributed by atoms with van der Waals surface area (Å²) in [6.45, 7) is 10.5. The van der Waals surface area contributed by atoms with Gasteiger partial charge in [0.25, 0.3) is 5.56 Å². The van der Waals surface area contributed by atoms with Crippen molar-refractivity contribution in [3.63, 3.8) is 0 Å². The van der Waals surface area contributed by atoms with Crippen LogP contribution in [-0.2, 0) is 11.3 Å². The van der Waals surface area contributed by atoms with Crippen molar-refractivity contribution in [1.82, 2.24) is 14.7 Å². The van der Waals surface area contributed by atoms with Gasteiger partial charge in [-0.2, -0.15) is 0 Å². The molecule has 0 radical (unpaired) electrons. The molecule has 2 rings (SSSR count). The van der Waals surface area contributed by atoms with E-state index in [0.717, 1.165) is 18.5 Å². The first-order valence-corrected chi connectivity index (χ1v) is 10.3. The second-order valence-corrected chi connectivity index (χ2v) is 8.09. The highest BCUT2D eigenvalue weighted by Gasteiger charge is 2.22. The smallest absolute Gasteiger partial charge is 0.330 e. The number of unbranched alkanes of at least 4 members (excludes halogenated alkanes) is 1. The number of hydrogen-bond acceptors (Lipinski definition) is 7. The summed E-state index contributed by atoms with van der Waals surface area (Å²) in [5.41, 5.74) is 5.90. The first-order chi connectivity index (χ1) is 14.1. The Morgan fingerprint density at radius 1 is 1.33 bits per heavy atom. The van der Waals surface area contributed by atoms with Gasteiger partial charge in [0.1, 0.15) is 11.5 Å². The third-order valence-electron chi connectivity index (χ3n) is 4.58. The normalized spacial score (nSPS) is 11.3. The summed E-state index contributed by atoms with van der Waals surface area (Å²) in [7, 11) is 0.